The third kappa shape index (κ3) is 26.5. The molecule has 0 heterocycles. The monoisotopic (exact) mass is 278 g/mol. The second-order valence-corrected chi connectivity index (χ2v) is 4.21. The van der Waals surface area contributed by atoms with Crippen molar-refractivity contribution in [2.45, 2.75) is 57.8 Å². The molecule has 114 valence electrons. The highest BCUT2D eigenvalue weighted by Gasteiger charge is 1.98. The van der Waals surface area contributed by atoms with Crippen molar-refractivity contribution < 1.29 is 30.0 Å². The Morgan fingerprint density at radius 1 is 0.579 bits per heavy atom. The van der Waals surface area contributed by atoms with Crippen LogP contribution >= 0.6 is 0 Å². The van der Waals surface area contributed by atoms with Crippen LogP contribution in [0.1, 0.15) is 57.8 Å². The number of carboxylic acid groups (broad SMARTS) is 2. The summed E-state index contributed by atoms with van der Waals surface area (Å²) in [6, 6.07) is 0. The Bertz CT molecular complexity index is 195. The maximum Gasteiger partial charge on any atom is 0.303 e. The molecule has 0 fully saturated rings. The summed E-state index contributed by atoms with van der Waals surface area (Å²) >= 11 is 0. The van der Waals surface area contributed by atoms with Gasteiger partial charge in [-0.1, -0.05) is 32.1 Å². The normalized spacial score (nSPS) is 9.58. The number of aliphatic hydroxyl groups is 2. The summed E-state index contributed by atoms with van der Waals surface area (Å²) in [5, 5.41) is 32.0. The summed E-state index contributed by atoms with van der Waals surface area (Å²) in [6.45, 7) is -0.250. The molecular formula is C13H26O6. The lowest BCUT2D eigenvalue weighted by Gasteiger charge is -1.99. The van der Waals surface area contributed by atoms with Crippen molar-refractivity contribution in [1.29, 1.82) is 0 Å². The molecule has 6 nitrogen and oxygen atoms in total. The van der Waals surface area contributed by atoms with Crippen molar-refractivity contribution in [1.82, 2.24) is 0 Å². The fourth-order valence-corrected chi connectivity index (χ4v) is 1.44. The predicted octanol–water partition coefficient (Wildman–Crippen LogP) is 1.64. The lowest BCUT2D eigenvalue weighted by atomic mass is 10.1. The molecule has 0 aliphatic heterocycles. The first-order valence-corrected chi connectivity index (χ1v) is 6.70. The van der Waals surface area contributed by atoms with Crippen molar-refractivity contribution in [2.75, 3.05) is 13.2 Å². The van der Waals surface area contributed by atoms with Crippen molar-refractivity contribution in [2.24, 2.45) is 0 Å². The second kappa shape index (κ2) is 16.9. The first kappa shape index (κ1) is 20.2. The van der Waals surface area contributed by atoms with Crippen LogP contribution in [0.3, 0.4) is 0 Å². The standard InChI is InChI=1S/C11H20O4.C2H6O2/c12-10(13)8-6-4-2-1-3-5-7-9-11(14)15;3-1-2-4/h1-9H2,(H,12,13)(H,14,15);3-4H,1-2H2. The maximum absolute atomic E-state index is 10.2. The average molecular weight is 278 g/mol. The zero-order chi connectivity index (χ0) is 14.9. The Morgan fingerprint density at radius 3 is 1.05 bits per heavy atom. The molecule has 0 saturated carbocycles. The molecule has 0 aromatic rings. The third-order valence-corrected chi connectivity index (χ3v) is 2.38. The first-order valence-electron chi connectivity index (χ1n) is 6.70. The molecule has 4 N–H and O–H groups in total. The number of aliphatic carboxylic acids is 2. The van der Waals surface area contributed by atoms with Crippen molar-refractivity contribution in [3.05, 3.63) is 0 Å². The molecule has 0 aromatic carbocycles. The molecule has 0 amide bonds. The van der Waals surface area contributed by atoms with Gasteiger partial charge < -0.3 is 20.4 Å². The molecule has 0 aromatic heterocycles. The van der Waals surface area contributed by atoms with Crippen LogP contribution in [0.25, 0.3) is 0 Å². The van der Waals surface area contributed by atoms with E-state index in [1.54, 1.807) is 0 Å². The quantitative estimate of drug-likeness (QED) is 0.427. The minimum absolute atomic E-state index is 0.125. The van der Waals surface area contributed by atoms with Crippen LogP contribution in [0, 0.1) is 0 Å². The molecule has 0 spiro atoms. The number of hydrogen-bond donors (Lipinski definition) is 4. The van der Waals surface area contributed by atoms with Crippen LogP contribution in [0.5, 0.6) is 0 Å². The van der Waals surface area contributed by atoms with Crippen molar-refractivity contribution >= 4 is 11.9 Å². The van der Waals surface area contributed by atoms with Gasteiger partial charge in [0, 0.05) is 12.8 Å². The summed E-state index contributed by atoms with van der Waals surface area (Å²) in [4.78, 5) is 20.4. The van der Waals surface area contributed by atoms with Gasteiger partial charge in [0.15, 0.2) is 0 Å². The fourth-order valence-electron chi connectivity index (χ4n) is 1.44. The van der Waals surface area contributed by atoms with Crippen LogP contribution in [0.4, 0.5) is 0 Å². The lowest BCUT2D eigenvalue weighted by Crippen LogP contribution is -1.94. The van der Waals surface area contributed by atoms with Crippen molar-refractivity contribution in [3.63, 3.8) is 0 Å². The van der Waals surface area contributed by atoms with E-state index < -0.39 is 11.9 Å². The molecule has 0 radical (unpaired) electrons. The molecule has 0 aliphatic carbocycles. The van der Waals surface area contributed by atoms with E-state index in [9.17, 15) is 9.59 Å². The van der Waals surface area contributed by atoms with E-state index in [0.717, 1.165) is 44.9 Å². The van der Waals surface area contributed by atoms with E-state index in [1.807, 2.05) is 0 Å². The predicted molar refractivity (Wildman–Crippen MR) is 71.0 cm³/mol. The summed E-state index contributed by atoms with van der Waals surface area (Å²) in [5.41, 5.74) is 0. The molecule has 0 saturated heterocycles. The number of hydrogen-bond acceptors (Lipinski definition) is 4. The lowest BCUT2D eigenvalue weighted by molar-refractivity contribution is -0.138. The summed E-state index contributed by atoms with van der Waals surface area (Å²) < 4.78 is 0. The fraction of sp³-hybridized carbons (Fsp3) is 0.846. The van der Waals surface area contributed by atoms with Gasteiger partial charge >= 0.3 is 11.9 Å². The summed E-state index contributed by atoms with van der Waals surface area (Å²) in [5.74, 6) is -1.45. The van der Waals surface area contributed by atoms with E-state index in [0.29, 0.717) is 0 Å². The van der Waals surface area contributed by atoms with Crippen LogP contribution in [0.15, 0.2) is 0 Å². The van der Waals surface area contributed by atoms with Gasteiger partial charge in [-0.05, 0) is 12.8 Å². The molecule has 0 unspecified atom stereocenters. The van der Waals surface area contributed by atoms with Crippen LogP contribution in [0.2, 0.25) is 0 Å². The minimum Gasteiger partial charge on any atom is -0.481 e. The minimum atomic E-state index is -0.726. The zero-order valence-corrected chi connectivity index (χ0v) is 11.4. The number of carbonyl (C=O) groups is 2. The Morgan fingerprint density at radius 2 is 0.842 bits per heavy atom. The van der Waals surface area contributed by atoms with Gasteiger partial charge in [-0.3, -0.25) is 9.59 Å². The smallest absolute Gasteiger partial charge is 0.303 e. The molecule has 0 rings (SSSR count). The summed E-state index contributed by atoms with van der Waals surface area (Å²) in [6.07, 6.45) is 7.16. The zero-order valence-electron chi connectivity index (χ0n) is 11.4. The van der Waals surface area contributed by atoms with E-state index in [4.69, 9.17) is 20.4 Å². The maximum atomic E-state index is 10.2. The molecule has 0 aliphatic rings. The molecule has 19 heavy (non-hydrogen) atoms. The van der Waals surface area contributed by atoms with Gasteiger partial charge in [0.1, 0.15) is 0 Å². The number of aliphatic hydroxyl groups excluding tert-OH is 2. The molecule has 0 bridgehead atoms. The van der Waals surface area contributed by atoms with E-state index in [-0.39, 0.29) is 26.1 Å². The topological polar surface area (TPSA) is 115 Å². The highest BCUT2D eigenvalue weighted by Crippen LogP contribution is 2.09. The number of unbranched alkanes of at least 4 members (excludes halogenated alkanes) is 6. The third-order valence-electron chi connectivity index (χ3n) is 2.38. The van der Waals surface area contributed by atoms with Crippen LogP contribution in [-0.2, 0) is 9.59 Å². The van der Waals surface area contributed by atoms with Crippen LogP contribution < -0.4 is 0 Å². The van der Waals surface area contributed by atoms with E-state index >= 15 is 0 Å². The first-order chi connectivity index (χ1) is 9.04. The SMILES string of the molecule is O=C(O)CCCCCCCCCC(=O)O.OCCO. The van der Waals surface area contributed by atoms with Crippen molar-refractivity contribution in [3.8, 4) is 0 Å². The van der Waals surface area contributed by atoms with Gasteiger partial charge in [-0.15, -0.1) is 0 Å². The van der Waals surface area contributed by atoms with Gasteiger partial charge in [-0.25, -0.2) is 0 Å². The summed E-state index contributed by atoms with van der Waals surface area (Å²) in [7, 11) is 0. The van der Waals surface area contributed by atoms with Gasteiger partial charge in [0.25, 0.3) is 0 Å². The molecule has 6 heteroatoms. The Balaban J connectivity index is 0. The Hall–Kier alpha value is -1.14. The molecular weight excluding hydrogens is 252 g/mol. The Kier molecular flexibility index (Phi) is 17.9. The van der Waals surface area contributed by atoms with E-state index in [1.165, 1.54) is 0 Å². The second-order valence-electron chi connectivity index (χ2n) is 4.21. The number of carboxylic acids is 2. The highest BCUT2D eigenvalue weighted by molar-refractivity contribution is 5.66. The van der Waals surface area contributed by atoms with Gasteiger partial charge in [0.05, 0.1) is 13.2 Å². The molecule has 0 atom stereocenters. The largest absolute Gasteiger partial charge is 0.481 e. The highest BCUT2D eigenvalue weighted by atomic mass is 16.4. The van der Waals surface area contributed by atoms with E-state index in [2.05, 4.69) is 0 Å². The van der Waals surface area contributed by atoms with Crippen LogP contribution in [-0.4, -0.2) is 45.6 Å². The number of rotatable bonds is 11. The average Bonchev–Trinajstić information content (AvgIpc) is 2.36. The van der Waals surface area contributed by atoms with Gasteiger partial charge in [-0.2, -0.15) is 0 Å². The Labute approximate surface area is 114 Å². The van der Waals surface area contributed by atoms with Gasteiger partial charge in [0.2, 0.25) is 0 Å².